The summed E-state index contributed by atoms with van der Waals surface area (Å²) in [6.07, 6.45) is -3.85. The third kappa shape index (κ3) is 3.31. The number of pyridine rings is 1. The Bertz CT molecular complexity index is 708. The number of methoxy groups -OCH3 is 1. The molecule has 1 atom stereocenters. The predicted octanol–water partition coefficient (Wildman–Crippen LogP) is 4.42. The monoisotopic (exact) mass is 326 g/mol. The SMILES string of the molecule is COc1ccc([C@H](C#N)c2ncc(C(F)(F)F)cc2Cl)cc1. The second-order valence-corrected chi connectivity index (χ2v) is 4.83. The van der Waals surface area contributed by atoms with Gasteiger partial charge in [-0.1, -0.05) is 23.7 Å². The molecule has 0 aliphatic rings. The van der Waals surface area contributed by atoms with Gasteiger partial charge in [-0.15, -0.1) is 0 Å². The number of nitriles is 1. The first-order chi connectivity index (χ1) is 10.4. The molecule has 0 N–H and O–H groups in total. The molecule has 0 unspecified atom stereocenters. The van der Waals surface area contributed by atoms with E-state index in [0.29, 0.717) is 17.5 Å². The van der Waals surface area contributed by atoms with E-state index in [4.69, 9.17) is 16.3 Å². The van der Waals surface area contributed by atoms with E-state index in [0.717, 1.165) is 6.07 Å². The summed E-state index contributed by atoms with van der Waals surface area (Å²) in [5.41, 5.74) is -0.299. The van der Waals surface area contributed by atoms with Crippen LogP contribution in [0.4, 0.5) is 13.2 Å². The maximum Gasteiger partial charge on any atom is 0.417 e. The van der Waals surface area contributed by atoms with Crippen LogP contribution in [0.5, 0.6) is 5.75 Å². The van der Waals surface area contributed by atoms with E-state index >= 15 is 0 Å². The molecule has 0 aliphatic heterocycles. The number of halogens is 4. The standard InChI is InChI=1S/C15H10ClF3N2O/c1-22-11-4-2-9(3-5-11)12(7-20)14-13(16)6-10(8-21-14)15(17,18)19/h2-6,8,12H,1H3/t12-/m0/s1. The second-order valence-electron chi connectivity index (χ2n) is 4.42. The molecular weight excluding hydrogens is 317 g/mol. The lowest BCUT2D eigenvalue weighted by atomic mass is 9.96. The molecule has 0 amide bonds. The van der Waals surface area contributed by atoms with Crippen molar-refractivity contribution in [3.63, 3.8) is 0 Å². The summed E-state index contributed by atoms with van der Waals surface area (Å²) in [6, 6.07) is 9.36. The van der Waals surface area contributed by atoms with Crippen LogP contribution >= 0.6 is 11.6 Å². The van der Waals surface area contributed by atoms with Crippen LogP contribution in [-0.2, 0) is 6.18 Å². The van der Waals surface area contributed by atoms with Crippen LogP contribution in [0, 0.1) is 11.3 Å². The Labute approximate surface area is 129 Å². The molecule has 1 heterocycles. The summed E-state index contributed by atoms with van der Waals surface area (Å²) in [4.78, 5) is 3.73. The highest BCUT2D eigenvalue weighted by molar-refractivity contribution is 6.31. The molecule has 0 aliphatic carbocycles. The van der Waals surface area contributed by atoms with Crippen molar-refractivity contribution in [1.29, 1.82) is 5.26 Å². The molecule has 2 rings (SSSR count). The molecule has 0 saturated carbocycles. The van der Waals surface area contributed by atoms with Crippen LogP contribution in [0.25, 0.3) is 0 Å². The number of aromatic nitrogens is 1. The molecule has 3 nitrogen and oxygen atoms in total. The molecule has 22 heavy (non-hydrogen) atoms. The summed E-state index contributed by atoms with van der Waals surface area (Å²) in [7, 11) is 1.51. The zero-order valence-corrected chi connectivity index (χ0v) is 12.1. The lowest BCUT2D eigenvalue weighted by Crippen LogP contribution is -2.08. The minimum Gasteiger partial charge on any atom is -0.497 e. The molecule has 0 bridgehead atoms. The van der Waals surface area contributed by atoms with Gasteiger partial charge in [0.15, 0.2) is 0 Å². The van der Waals surface area contributed by atoms with Gasteiger partial charge in [0.05, 0.1) is 29.5 Å². The molecular formula is C15H10ClF3N2O. The van der Waals surface area contributed by atoms with Crippen LogP contribution in [0.3, 0.4) is 0 Å². The van der Waals surface area contributed by atoms with Crippen LogP contribution in [0.2, 0.25) is 5.02 Å². The van der Waals surface area contributed by atoms with Crippen molar-refractivity contribution in [2.45, 2.75) is 12.1 Å². The summed E-state index contributed by atoms with van der Waals surface area (Å²) in [5.74, 6) is -0.257. The lowest BCUT2D eigenvalue weighted by molar-refractivity contribution is -0.137. The minimum atomic E-state index is -4.53. The van der Waals surface area contributed by atoms with Crippen molar-refractivity contribution in [1.82, 2.24) is 4.98 Å². The van der Waals surface area contributed by atoms with Crippen LogP contribution in [0.15, 0.2) is 36.5 Å². The Morgan fingerprint density at radius 2 is 1.91 bits per heavy atom. The van der Waals surface area contributed by atoms with Gasteiger partial charge in [-0.3, -0.25) is 4.98 Å². The molecule has 0 radical (unpaired) electrons. The van der Waals surface area contributed by atoms with Gasteiger partial charge in [0.2, 0.25) is 0 Å². The fourth-order valence-corrected chi connectivity index (χ4v) is 2.18. The molecule has 0 spiro atoms. The highest BCUT2D eigenvalue weighted by Crippen LogP contribution is 2.34. The average Bonchev–Trinajstić information content (AvgIpc) is 2.49. The van der Waals surface area contributed by atoms with Crippen LogP contribution in [0.1, 0.15) is 22.7 Å². The quantitative estimate of drug-likeness (QED) is 0.839. The van der Waals surface area contributed by atoms with Crippen molar-refractivity contribution in [2.75, 3.05) is 7.11 Å². The van der Waals surface area contributed by atoms with E-state index < -0.39 is 17.7 Å². The normalized spacial score (nSPS) is 12.5. The van der Waals surface area contributed by atoms with Gasteiger partial charge in [-0.25, -0.2) is 0 Å². The van der Waals surface area contributed by atoms with Gasteiger partial charge in [0.1, 0.15) is 11.7 Å². The Morgan fingerprint density at radius 3 is 2.36 bits per heavy atom. The van der Waals surface area contributed by atoms with Crippen molar-refractivity contribution in [3.8, 4) is 11.8 Å². The number of benzene rings is 1. The largest absolute Gasteiger partial charge is 0.497 e. The molecule has 0 fully saturated rings. The average molecular weight is 327 g/mol. The number of alkyl halides is 3. The third-order valence-electron chi connectivity index (χ3n) is 3.05. The Balaban J connectivity index is 2.41. The van der Waals surface area contributed by atoms with Crippen molar-refractivity contribution >= 4 is 11.6 Å². The van der Waals surface area contributed by atoms with E-state index in [1.807, 2.05) is 6.07 Å². The number of ether oxygens (including phenoxy) is 1. The lowest BCUT2D eigenvalue weighted by Gasteiger charge is -2.13. The van der Waals surface area contributed by atoms with Gasteiger partial charge in [0, 0.05) is 6.20 Å². The first-order valence-electron chi connectivity index (χ1n) is 6.13. The zero-order valence-electron chi connectivity index (χ0n) is 11.4. The topological polar surface area (TPSA) is 45.9 Å². The first-order valence-corrected chi connectivity index (χ1v) is 6.51. The summed E-state index contributed by atoms with van der Waals surface area (Å²) < 4.78 is 42.8. The van der Waals surface area contributed by atoms with Crippen molar-refractivity contribution < 1.29 is 17.9 Å². The highest BCUT2D eigenvalue weighted by atomic mass is 35.5. The molecule has 7 heteroatoms. The number of rotatable bonds is 3. The van der Waals surface area contributed by atoms with E-state index in [1.165, 1.54) is 7.11 Å². The first kappa shape index (κ1) is 16.1. The summed E-state index contributed by atoms with van der Waals surface area (Å²) >= 11 is 5.88. The maximum absolute atomic E-state index is 12.6. The van der Waals surface area contributed by atoms with Gasteiger partial charge in [0.25, 0.3) is 0 Å². The zero-order chi connectivity index (χ0) is 16.3. The number of hydrogen-bond acceptors (Lipinski definition) is 3. The number of hydrogen-bond donors (Lipinski definition) is 0. The Morgan fingerprint density at radius 1 is 1.27 bits per heavy atom. The third-order valence-corrected chi connectivity index (χ3v) is 3.35. The Kier molecular flexibility index (Phi) is 4.57. The van der Waals surface area contributed by atoms with E-state index in [9.17, 15) is 18.4 Å². The van der Waals surface area contributed by atoms with Gasteiger partial charge in [-0.05, 0) is 23.8 Å². The summed E-state index contributed by atoms with van der Waals surface area (Å²) in [6.45, 7) is 0. The Hall–Kier alpha value is -2.26. The van der Waals surface area contributed by atoms with Gasteiger partial charge in [-0.2, -0.15) is 18.4 Å². The molecule has 1 aromatic carbocycles. The van der Waals surface area contributed by atoms with E-state index in [2.05, 4.69) is 4.98 Å². The van der Waals surface area contributed by atoms with E-state index in [1.54, 1.807) is 24.3 Å². The van der Waals surface area contributed by atoms with Crippen molar-refractivity contribution in [2.24, 2.45) is 0 Å². The number of nitrogens with zero attached hydrogens (tertiary/aromatic N) is 2. The fourth-order valence-electron chi connectivity index (χ4n) is 1.91. The molecule has 1 aromatic heterocycles. The van der Waals surface area contributed by atoms with Crippen LogP contribution < -0.4 is 4.74 Å². The van der Waals surface area contributed by atoms with Crippen LogP contribution in [-0.4, -0.2) is 12.1 Å². The molecule has 0 saturated heterocycles. The van der Waals surface area contributed by atoms with Gasteiger partial charge < -0.3 is 4.74 Å². The highest BCUT2D eigenvalue weighted by Gasteiger charge is 2.32. The summed E-state index contributed by atoms with van der Waals surface area (Å²) in [5, 5.41) is 9.11. The second kappa shape index (κ2) is 6.24. The molecule has 114 valence electrons. The fraction of sp³-hybridized carbons (Fsp3) is 0.200. The predicted molar refractivity (Wildman–Crippen MR) is 74.7 cm³/mol. The van der Waals surface area contributed by atoms with E-state index in [-0.39, 0.29) is 10.7 Å². The van der Waals surface area contributed by atoms with Gasteiger partial charge >= 0.3 is 6.18 Å². The molecule has 2 aromatic rings. The smallest absolute Gasteiger partial charge is 0.417 e. The van der Waals surface area contributed by atoms with Crippen molar-refractivity contribution in [3.05, 3.63) is 58.4 Å². The minimum absolute atomic E-state index is 0.0855. The maximum atomic E-state index is 12.6.